The molecule has 0 saturated heterocycles. The molecule has 0 aliphatic rings. The monoisotopic (exact) mass is 265 g/mol. The minimum absolute atomic E-state index is 0.441. The fraction of sp³-hybridized carbons (Fsp3) is 0.125. The van der Waals surface area contributed by atoms with E-state index >= 15 is 0 Å². The zero-order valence-electron chi connectivity index (χ0n) is 11.4. The Morgan fingerprint density at radius 2 is 1.75 bits per heavy atom. The molecule has 4 heteroatoms. The average molecular weight is 265 g/mol. The molecule has 0 radical (unpaired) electrons. The number of hydrogen-bond donors (Lipinski definition) is 1. The van der Waals surface area contributed by atoms with Gasteiger partial charge >= 0.3 is 0 Å². The van der Waals surface area contributed by atoms with Crippen molar-refractivity contribution in [3.63, 3.8) is 0 Å². The van der Waals surface area contributed by atoms with Crippen LogP contribution in [0.5, 0.6) is 5.75 Å². The maximum absolute atomic E-state index is 5.90. The molecule has 0 bridgehead atoms. The molecule has 1 aromatic heterocycles. The van der Waals surface area contributed by atoms with Crippen LogP contribution in [0.2, 0.25) is 0 Å². The lowest BCUT2D eigenvalue weighted by Gasteiger charge is -2.11. The predicted molar refractivity (Wildman–Crippen MR) is 80.7 cm³/mol. The van der Waals surface area contributed by atoms with Crippen molar-refractivity contribution in [3.8, 4) is 17.0 Å². The summed E-state index contributed by atoms with van der Waals surface area (Å²) < 4.78 is 5.43. The highest BCUT2D eigenvalue weighted by atomic mass is 16.5. The summed E-state index contributed by atoms with van der Waals surface area (Å²) in [5.41, 5.74) is 8.76. The number of hydrogen-bond acceptors (Lipinski definition) is 4. The maximum Gasteiger partial charge on any atom is 0.154 e. The number of rotatable bonds is 2. The van der Waals surface area contributed by atoms with Crippen LogP contribution >= 0.6 is 0 Å². The number of nitrogens with two attached hydrogens (primary N) is 1. The van der Waals surface area contributed by atoms with E-state index < -0.39 is 0 Å². The molecule has 0 aliphatic carbocycles. The Bertz CT molecular complexity index is 784. The van der Waals surface area contributed by atoms with Gasteiger partial charge in [0.25, 0.3) is 0 Å². The van der Waals surface area contributed by atoms with Crippen LogP contribution in [0.3, 0.4) is 0 Å². The number of nitrogens with zero attached hydrogens (tertiary/aromatic N) is 2. The summed E-state index contributed by atoms with van der Waals surface area (Å²) in [6.45, 7) is 2.04. The van der Waals surface area contributed by atoms with Gasteiger partial charge in [0.1, 0.15) is 11.4 Å². The number of fused-ring (bicyclic) bond motifs is 1. The summed E-state index contributed by atoms with van der Waals surface area (Å²) in [6, 6.07) is 13.9. The van der Waals surface area contributed by atoms with E-state index in [0.717, 1.165) is 33.3 Å². The van der Waals surface area contributed by atoms with Crippen LogP contribution in [0.25, 0.3) is 22.0 Å². The minimum atomic E-state index is 0.441. The van der Waals surface area contributed by atoms with Gasteiger partial charge in [0, 0.05) is 16.3 Å². The quantitative estimate of drug-likeness (QED) is 0.773. The van der Waals surface area contributed by atoms with E-state index in [-0.39, 0.29) is 0 Å². The van der Waals surface area contributed by atoms with Crippen molar-refractivity contribution < 1.29 is 4.74 Å². The lowest BCUT2D eigenvalue weighted by Crippen LogP contribution is -1.99. The first-order valence-electron chi connectivity index (χ1n) is 6.36. The second kappa shape index (κ2) is 4.81. The van der Waals surface area contributed by atoms with Crippen molar-refractivity contribution in [3.05, 3.63) is 48.0 Å². The molecular weight excluding hydrogens is 250 g/mol. The highest BCUT2D eigenvalue weighted by Gasteiger charge is 2.13. The second-order valence-corrected chi connectivity index (χ2v) is 4.68. The van der Waals surface area contributed by atoms with Gasteiger partial charge in [0.15, 0.2) is 5.82 Å². The third kappa shape index (κ3) is 1.95. The van der Waals surface area contributed by atoms with E-state index in [9.17, 15) is 0 Å². The van der Waals surface area contributed by atoms with Gasteiger partial charge in [-0.3, -0.25) is 0 Å². The highest BCUT2D eigenvalue weighted by molar-refractivity contribution is 6.00. The van der Waals surface area contributed by atoms with Crippen molar-refractivity contribution in [2.24, 2.45) is 0 Å². The third-order valence-corrected chi connectivity index (χ3v) is 3.33. The fourth-order valence-electron chi connectivity index (χ4n) is 2.33. The molecule has 0 fully saturated rings. The van der Waals surface area contributed by atoms with Crippen LogP contribution in [-0.2, 0) is 0 Å². The van der Waals surface area contributed by atoms with Gasteiger partial charge in [-0.25, -0.2) is 0 Å². The number of benzene rings is 2. The molecule has 2 aromatic carbocycles. The molecule has 2 N–H and O–H groups in total. The molecule has 0 saturated carbocycles. The summed E-state index contributed by atoms with van der Waals surface area (Å²) in [7, 11) is 1.65. The minimum Gasteiger partial charge on any atom is -0.496 e. The first kappa shape index (κ1) is 12.4. The van der Waals surface area contributed by atoms with Crippen LogP contribution in [-0.4, -0.2) is 17.3 Å². The summed E-state index contributed by atoms with van der Waals surface area (Å²) in [6.07, 6.45) is 0. The zero-order chi connectivity index (χ0) is 14.1. The Balaban J connectivity index is 2.36. The first-order valence-corrected chi connectivity index (χ1v) is 6.36. The van der Waals surface area contributed by atoms with E-state index in [2.05, 4.69) is 10.2 Å². The molecule has 0 atom stereocenters. The SMILES string of the molecule is COc1ccc(C)cc1-c1nnc(N)c2ccccc12. The largest absolute Gasteiger partial charge is 0.496 e. The first-order chi connectivity index (χ1) is 9.70. The Morgan fingerprint density at radius 1 is 1.00 bits per heavy atom. The smallest absolute Gasteiger partial charge is 0.154 e. The molecule has 0 amide bonds. The van der Waals surface area contributed by atoms with Gasteiger partial charge in [-0.15, -0.1) is 10.2 Å². The van der Waals surface area contributed by atoms with Crippen LogP contribution < -0.4 is 10.5 Å². The van der Waals surface area contributed by atoms with E-state index in [4.69, 9.17) is 10.5 Å². The van der Waals surface area contributed by atoms with Gasteiger partial charge in [-0.2, -0.15) is 0 Å². The maximum atomic E-state index is 5.90. The molecule has 1 heterocycles. The Kier molecular flexibility index (Phi) is 2.99. The topological polar surface area (TPSA) is 61.0 Å². The van der Waals surface area contributed by atoms with Crippen LogP contribution in [0.15, 0.2) is 42.5 Å². The van der Waals surface area contributed by atoms with Crippen molar-refractivity contribution in [2.45, 2.75) is 6.92 Å². The number of aromatic nitrogens is 2. The lowest BCUT2D eigenvalue weighted by atomic mass is 10.0. The van der Waals surface area contributed by atoms with Crippen molar-refractivity contribution >= 4 is 16.6 Å². The Morgan fingerprint density at radius 3 is 2.50 bits per heavy atom. The predicted octanol–water partition coefficient (Wildman–Crippen LogP) is 3.20. The van der Waals surface area contributed by atoms with E-state index in [1.807, 2.05) is 49.4 Å². The number of nitrogen functional groups attached to an aromatic ring is 1. The van der Waals surface area contributed by atoms with E-state index in [1.165, 1.54) is 0 Å². The van der Waals surface area contributed by atoms with Gasteiger partial charge in [-0.1, -0.05) is 35.9 Å². The van der Waals surface area contributed by atoms with Gasteiger partial charge in [-0.05, 0) is 19.1 Å². The molecule has 3 rings (SSSR count). The van der Waals surface area contributed by atoms with Crippen molar-refractivity contribution in [1.29, 1.82) is 0 Å². The summed E-state index contributed by atoms with van der Waals surface area (Å²) in [5.74, 6) is 1.22. The third-order valence-electron chi connectivity index (χ3n) is 3.33. The Hall–Kier alpha value is -2.62. The summed E-state index contributed by atoms with van der Waals surface area (Å²) in [4.78, 5) is 0. The number of aryl methyl sites for hydroxylation is 1. The molecule has 0 spiro atoms. The summed E-state index contributed by atoms with van der Waals surface area (Å²) in [5, 5.41) is 10.2. The van der Waals surface area contributed by atoms with Gasteiger partial charge < -0.3 is 10.5 Å². The van der Waals surface area contributed by atoms with E-state index in [0.29, 0.717) is 5.82 Å². The fourth-order valence-corrected chi connectivity index (χ4v) is 2.33. The zero-order valence-corrected chi connectivity index (χ0v) is 11.4. The van der Waals surface area contributed by atoms with Crippen molar-refractivity contribution in [1.82, 2.24) is 10.2 Å². The molecule has 20 heavy (non-hydrogen) atoms. The summed E-state index contributed by atoms with van der Waals surface area (Å²) >= 11 is 0. The molecule has 0 unspecified atom stereocenters. The van der Waals surface area contributed by atoms with Gasteiger partial charge in [0.2, 0.25) is 0 Å². The second-order valence-electron chi connectivity index (χ2n) is 4.68. The van der Waals surface area contributed by atoms with Gasteiger partial charge in [0.05, 0.1) is 7.11 Å². The molecule has 100 valence electrons. The average Bonchev–Trinajstić information content (AvgIpc) is 2.48. The number of methoxy groups -OCH3 is 1. The van der Waals surface area contributed by atoms with Crippen LogP contribution in [0, 0.1) is 6.92 Å². The lowest BCUT2D eigenvalue weighted by molar-refractivity contribution is 0.416. The molecular formula is C16H15N3O. The normalized spacial score (nSPS) is 10.7. The standard InChI is InChI=1S/C16H15N3O/c1-10-7-8-14(20-2)13(9-10)15-11-5-3-4-6-12(11)16(17)19-18-15/h3-9H,1-2H3,(H2,17,19). The molecule has 0 aliphatic heterocycles. The van der Waals surface area contributed by atoms with Crippen LogP contribution in [0.4, 0.5) is 5.82 Å². The molecule has 3 aromatic rings. The van der Waals surface area contributed by atoms with Crippen LogP contribution in [0.1, 0.15) is 5.56 Å². The number of ether oxygens (including phenoxy) is 1. The molecule has 4 nitrogen and oxygen atoms in total. The van der Waals surface area contributed by atoms with Crippen molar-refractivity contribution in [2.75, 3.05) is 12.8 Å². The highest BCUT2D eigenvalue weighted by Crippen LogP contribution is 2.34. The van der Waals surface area contributed by atoms with E-state index in [1.54, 1.807) is 7.11 Å². The Labute approximate surface area is 117 Å². The number of anilines is 1.